The summed E-state index contributed by atoms with van der Waals surface area (Å²) in [6.07, 6.45) is 45.4. The van der Waals surface area contributed by atoms with E-state index in [4.69, 9.17) is 14.2 Å². The first kappa shape index (κ1) is 56.4. The molecule has 0 radical (unpaired) electrons. The quantitative estimate of drug-likeness (QED) is 0.0346. The van der Waals surface area contributed by atoms with Gasteiger partial charge < -0.3 is 14.2 Å². The van der Waals surface area contributed by atoms with Crippen molar-refractivity contribution in [2.75, 3.05) is 13.2 Å². The van der Waals surface area contributed by atoms with Crippen LogP contribution in [0.15, 0.2) is 0 Å². The molecular weight excluding hydrogens is 721 g/mol. The number of ether oxygens (including phenoxy) is 3. The Bertz CT molecular complexity index is 887. The average Bonchev–Trinajstić information content (AvgIpc) is 3.21. The zero-order valence-electron chi connectivity index (χ0n) is 39.7. The zero-order chi connectivity index (χ0) is 42.6. The van der Waals surface area contributed by atoms with E-state index >= 15 is 0 Å². The van der Waals surface area contributed by atoms with Crippen LogP contribution in [0.5, 0.6) is 0 Å². The molecule has 0 N–H and O–H groups in total. The molecule has 0 aliphatic heterocycles. The Morgan fingerprint density at radius 1 is 0.362 bits per heavy atom. The van der Waals surface area contributed by atoms with Gasteiger partial charge in [0.15, 0.2) is 6.10 Å². The van der Waals surface area contributed by atoms with Crippen molar-refractivity contribution in [1.82, 2.24) is 0 Å². The second-order valence-corrected chi connectivity index (χ2v) is 18.5. The molecule has 58 heavy (non-hydrogen) atoms. The van der Waals surface area contributed by atoms with Crippen molar-refractivity contribution in [2.45, 2.75) is 291 Å². The van der Waals surface area contributed by atoms with Gasteiger partial charge in [0.05, 0.1) is 0 Å². The van der Waals surface area contributed by atoms with Crippen LogP contribution >= 0.6 is 0 Å². The average molecular weight is 821 g/mol. The molecule has 0 rings (SSSR count). The van der Waals surface area contributed by atoms with E-state index in [1.165, 1.54) is 173 Å². The normalized spacial score (nSPS) is 12.5. The zero-order valence-corrected chi connectivity index (χ0v) is 39.7. The van der Waals surface area contributed by atoms with Gasteiger partial charge in [-0.3, -0.25) is 14.4 Å². The number of hydrogen-bond donors (Lipinski definition) is 0. The maximum absolute atomic E-state index is 12.6. The van der Waals surface area contributed by atoms with Crippen molar-refractivity contribution in [2.24, 2.45) is 11.8 Å². The molecule has 0 saturated heterocycles. The Morgan fingerprint density at radius 2 is 0.655 bits per heavy atom. The monoisotopic (exact) mass is 821 g/mol. The highest BCUT2D eigenvalue weighted by atomic mass is 16.6. The van der Waals surface area contributed by atoms with Gasteiger partial charge in [0.2, 0.25) is 0 Å². The van der Waals surface area contributed by atoms with Crippen molar-refractivity contribution in [3.8, 4) is 0 Å². The minimum Gasteiger partial charge on any atom is -0.462 e. The lowest BCUT2D eigenvalue weighted by Gasteiger charge is -2.18. The van der Waals surface area contributed by atoms with Gasteiger partial charge in [-0.2, -0.15) is 0 Å². The summed E-state index contributed by atoms with van der Waals surface area (Å²) in [5, 5.41) is 0. The van der Waals surface area contributed by atoms with Gasteiger partial charge in [-0.15, -0.1) is 0 Å². The van der Waals surface area contributed by atoms with Crippen LogP contribution in [0.2, 0.25) is 0 Å². The Morgan fingerprint density at radius 3 is 0.983 bits per heavy atom. The molecule has 1 unspecified atom stereocenters. The van der Waals surface area contributed by atoms with Gasteiger partial charge in [0.25, 0.3) is 0 Å². The van der Waals surface area contributed by atoms with Crippen molar-refractivity contribution in [3.05, 3.63) is 0 Å². The predicted molar refractivity (Wildman–Crippen MR) is 247 cm³/mol. The number of hydrogen-bond acceptors (Lipinski definition) is 6. The molecule has 0 aromatic carbocycles. The Hall–Kier alpha value is -1.59. The third-order valence-electron chi connectivity index (χ3n) is 12.1. The van der Waals surface area contributed by atoms with Gasteiger partial charge in [0.1, 0.15) is 13.2 Å². The van der Waals surface area contributed by atoms with Crippen LogP contribution in [-0.4, -0.2) is 37.2 Å². The second-order valence-electron chi connectivity index (χ2n) is 18.5. The minimum atomic E-state index is -0.760. The highest BCUT2D eigenvalue weighted by Gasteiger charge is 2.19. The number of esters is 3. The Balaban J connectivity index is 4.08. The largest absolute Gasteiger partial charge is 0.462 e. The lowest BCUT2D eigenvalue weighted by atomic mass is 9.99. The first-order chi connectivity index (χ1) is 28.3. The summed E-state index contributed by atoms with van der Waals surface area (Å²) < 4.78 is 16.7. The maximum Gasteiger partial charge on any atom is 0.306 e. The van der Waals surface area contributed by atoms with Gasteiger partial charge >= 0.3 is 17.9 Å². The Labute approximate surface area is 361 Å². The molecule has 344 valence electrons. The van der Waals surface area contributed by atoms with Crippen molar-refractivity contribution in [1.29, 1.82) is 0 Å². The summed E-state index contributed by atoms with van der Waals surface area (Å²) in [6.45, 7) is 11.3. The highest BCUT2D eigenvalue weighted by molar-refractivity contribution is 5.71. The molecular formula is C52H100O6. The summed E-state index contributed by atoms with van der Waals surface area (Å²) in [5.41, 5.74) is 0. The molecule has 2 atom stereocenters. The molecule has 6 nitrogen and oxygen atoms in total. The Kier molecular flexibility index (Phi) is 43.7. The summed E-state index contributed by atoms with van der Waals surface area (Å²) >= 11 is 0. The lowest BCUT2D eigenvalue weighted by molar-refractivity contribution is -0.167. The van der Waals surface area contributed by atoms with Crippen LogP contribution in [-0.2, 0) is 28.6 Å². The van der Waals surface area contributed by atoms with Crippen LogP contribution in [0, 0.1) is 11.8 Å². The van der Waals surface area contributed by atoms with Crippen LogP contribution in [0.25, 0.3) is 0 Å². The molecule has 0 amide bonds. The van der Waals surface area contributed by atoms with Gasteiger partial charge in [0, 0.05) is 19.3 Å². The standard InChI is InChI=1S/C52H100O6/c1-6-8-9-10-25-34-39-44-52(55)58-49(46-57-51(54)43-38-33-29-24-23-26-30-35-40-47(3)4)45-56-50(53)42-37-32-28-22-20-18-16-14-12-11-13-15-17-19-21-27-31-36-41-48(5)7-2/h47-49H,6-46H2,1-5H3/t48?,49-/m1/s1. The molecule has 0 aliphatic rings. The van der Waals surface area contributed by atoms with Crippen molar-refractivity contribution in [3.63, 3.8) is 0 Å². The van der Waals surface area contributed by atoms with E-state index in [2.05, 4.69) is 34.6 Å². The van der Waals surface area contributed by atoms with E-state index in [-0.39, 0.29) is 31.1 Å². The number of carbonyl (C=O) groups is 3. The van der Waals surface area contributed by atoms with E-state index in [9.17, 15) is 14.4 Å². The van der Waals surface area contributed by atoms with E-state index in [1.54, 1.807) is 0 Å². The predicted octanol–water partition coefficient (Wildman–Crippen LogP) is 16.5. The summed E-state index contributed by atoms with van der Waals surface area (Å²) in [4.78, 5) is 37.7. The van der Waals surface area contributed by atoms with Gasteiger partial charge in [-0.05, 0) is 31.1 Å². The van der Waals surface area contributed by atoms with Crippen molar-refractivity contribution < 1.29 is 28.6 Å². The first-order valence-electron chi connectivity index (χ1n) is 25.8. The van der Waals surface area contributed by atoms with E-state index < -0.39 is 6.10 Å². The minimum absolute atomic E-state index is 0.0647. The van der Waals surface area contributed by atoms with Crippen molar-refractivity contribution >= 4 is 17.9 Å². The summed E-state index contributed by atoms with van der Waals surface area (Å²) in [7, 11) is 0. The van der Waals surface area contributed by atoms with Gasteiger partial charge in [-0.1, -0.05) is 247 Å². The molecule has 0 aromatic heterocycles. The lowest BCUT2D eigenvalue weighted by Crippen LogP contribution is -2.30. The first-order valence-corrected chi connectivity index (χ1v) is 25.8. The third kappa shape index (κ3) is 44.0. The molecule has 0 spiro atoms. The molecule has 0 heterocycles. The van der Waals surface area contributed by atoms with E-state index in [0.717, 1.165) is 69.6 Å². The fourth-order valence-electron chi connectivity index (χ4n) is 7.78. The molecule has 0 fully saturated rings. The van der Waals surface area contributed by atoms with Crippen LogP contribution < -0.4 is 0 Å². The molecule has 6 heteroatoms. The van der Waals surface area contributed by atoms with Crippen LogP contribution in [0.4, 0.5) is 0 Å². The maximum atomic E-state index is 12.6. The molecule has 0 aromatic rings. The van der Waals surface area contributed by atoms with E-state index in [0.29, 0.717) is 19.3 Å². The topological polar surface area (TPSA) is 78.9 Å². The van der Waals surface area contributed by atoms with Crippen LogP contribution in [0.1, 0.15) is 285 Å². The highest BCUT2D eigenvalue weighted by Crippen LogP contribution is 2.18. The smallest absolute Gasteiger partial charge is 0.306 e. The second kappa shape index (κ2) is 44.9. The summed E-state index contributed by atoms with van der Waals surface area (Å²) in [5.74, 6) is 0.848. The SMILES string of the molecule is CCCCCCCCCC(=O)O[C@H](COC(=O)CCCCCCCCCCCCCCCCCCCCC(C)CC)COC(=O)CCCCCCCCCCC(C)C. The number of carbonyl (C=O) groups excluding carboxylic acids is 3. The van der Waals surface area contributed by atoms with E-state index in [1.807, 2.05) is 0 Å². The van der Waals surface area contributed by atoms with Gasteiger partial charge in [-0.25, -0.2) is 0 Å². The third-order valence-corrected chi connectivity index (χ3v) is 12.1. The number of unbranched alkanes of at least 4 members (excludes halogenated alkanes) is 30. The molecule has 0 bridgehead atoms. The fraction of sp³-hybridized carbons (Fsp3) is 0.942. The van der Waals surface area contributed by atoms with Crippen LogP contribution in [0.3, 0.4) is 0 Å². The number of rotatable bonds is 46. The summed E-state index contributed by atoms with van der Waals surface area (Å²) in [6, 6.07) is 0. The molecule has 0 saturated carbocycles. The molecule has 0 aliphatic carbocycles. The fourth-order valence-corrected chi connectivity index (χ4v) is 7.78.